The van der Waals surface area contributed by atoms with Crippen molar-refractivity contribution in [2.24, 2.45) is 0 Å². The molecule has 1 aliphatic rings. The molecule has 0 bridgehead atoms. The van der Waals surface area contributed by atoms with Gasteiger partial charge in [0.1, 0.15) is 0 Å². The van der Waals surface area contributed by atoms with Crippen LogP contribution in [0.4, 0.5) is 5.69 Å². The van der Waals surface area contributed by atoms with E-state index in [4.69, 9.17) is 4.74 Å². The zero-order valence-corrected chi connectivity index (χ0v) is 13.9. The van der Waals surface area contributed by atoms with Crippen LogP contribution in [-0.4, -0.2) is 30.1 Å². The van der Waals surface area contributed by atoms with Crippen molar-refractivity contribution < 1.29 is 9.53 Å². The molecule has 1 aromatic carbocycles. The van der Waals surface area contributed by atoms with Crippen molar-refractivity contribution in [1.29, 1.82) is 0 Å². The van der Waals surface area contributed by atoms with Crippen LogP contribution in [0.1, 0.15) is 34.3 Å². The van der Waals surface area contributed by atoms with E-state index in [0.29, 0.717) is 18.7 Å². The smallest absolute Gasteiger partial charge is 0.253 e. The Bertz CT molecular complexity index is 679. The van der Waals surface area contributed by atoms with Crippen LogP contribution in [0.5, 0.6) is 0 Å². The minimum atomic E-state index is -0.114. The number of carbonyl (C=O) groups is 1. The second-order valence-electron chi connectivity index (χ2n) is 6.15. The van der Waals surface area contributed by atoms with E-state index >= 15 is 0 Å². The van der Waals surface area contributed by atoms with E-state index in [9.17, 15) is 4.79 Å². The topological polar surface area (TPSA) is 63.2 Å². The lowest BCUT2D eigenvalue weighted by molar-refractivity contribution is 0.0857. The highest BCUT2D eigenvalue weighted by atomic mass is 16.5. The summed E-state index contributed by atoms with van der Waals surface area (Å²) in [6.45, 7) is 4.11. The Labute approximate surface area is 142 Å². The number of aromatic nitrogens is 1. The lowest BCUT2D eigenvalue weighted by atomic mass is 10.1. The summed E-state index contributed by atoms with van der Waals surface area (Å²) in [5.74, 6) is -0.114. The number of anilines is 1. The summed E-state index contributed by atoms with van der Waals surface area (Å²) in [7, 11) is 0. The third kappa shape index (κ3) is 4.55. The van der Waals surface area contributed by atoms with Gasteiger partial charge in [0, 0.05) is 32.1 Å². The van der Waals surface area contributed by atoms with E-state index in [0.717, 1.165) is 25.1 Å². The van der Waals surface area contributed by atoms with Crippen LogP contribution in [0.3, 0.4) is 0 Å². The first-order chi connectivity index (χ1) is 11.7. The Morgan fingerprint density at radius 3 is 2.88 bits per heavy atom. The van der Waals surface area contributed by atoms with E-state index in [1.807, 2.05) is 6.07 Å². The molecule has 0 spiro atoms. The lowest BCUT2D eigenvalue weighted by Gasteiger charge is -2.11. The fraction of sp³-hybridized carbons (Fsp3) is 0.368. The molecule has 24 heavy (non-hydrogen) atoms. The van der Waals surface area contributed by atoms with Gasteiger partial charge in [-0.2, -0.15) is 0 Å². The molecule has 1 fully saturated rings. The van der Waals surface area contributed by atoms with Crippen molar-refractivity contribution in [3.8, 4) is 0 Å². The monoisotopic (exact) mass is 325 g/mol. The predicted octanol–water partition coefficient (Wildman–Crippen LogP) is 2.91. The average molecular weight is 325 g/mol. The molecule has 2 heterocycles. The number of rotatable bonds is 6. The van der Waals surface area contributed by atoms with E-state index < -0.39 is 0 Å². The number of benzene rings is 1. The highest BCUT2D eigenvalue weighted by molar-refractivity contribution is 5.94. The summed E-state index contributed by atoms with van der Waals surface area (Å²) < 4.78 is 5.52. The van der Waals surface area contributed by atoms with Gasteiger partial charge in [0.15, 0.2) is 0 Å². The first-order valence-electron chi connectivity index (χ1n) is 8.35. The molecule has 3 rings (SSSR count). The third-order valence-electron chi connectivity index (χ3n) is 4.13. The molecule has 0 aliphatic carbocycles. The number of hydrogen-bond acceptors (Lipinski definition) is 4. The Balaban J connectivity index is 1.54. The van der Waals surface area contributed by atoms with Gasteiger partial charge in [-0.15, -0.1) is 0 Å². The minimum Gasteiger partial charge on any atom is -0.380 e. The van der Waals surface area contributed by atoms with Crippen LogP contribution >= 0.6 is 0 Å². The van der Waals surface area contributed by atoms with Crippen LogP contribution in [0.25, 0.3) is 0 Å². The zero-order valence-electron chi connectivity index (χ0n) is 13.9. The molecule has 1 amide bonds. The van der Waals surface area contributed by atoms with Crippen LogP contribution in [-0.2, 0) is 11.3 Å². The van der Waals surface area contributed by atoms with E-state index in [-0.39, 0.29) is 12.0 Å². The fourth-order valence-corrected chi connectivity index (χ4v) is 2.68. The predicted molar refractivity (Wildman–Crippen MR) is 94.0 cm³/mol. The molecule has 0 saturated carbocycles. The molecule has 1 saturated heterocycles. The van der Waals surface area contributed by atoms with Crippen molar-refractivity contribution in [3.05, 3.63) is 59.4 Å². The highest BCUT2D eigenvalue weighted by Gasteiger charge is 2.16. The average Bonchev–Trinajstić information content (AvgIpc) is 3.13. The molecule has 1 unspecified atom stereocenters. The van der Waals surface area contributed by atoms with E-state index in [1.54, 1.807) is 12.4 Å². The van der Waals surface area contributed by atoms with Gasteiger partial charge in [0.2, 0.25) is 0 Å². The highest BCUT2D eigenvalue weighted by Crippen LogP contribution is 2.13. The van der Waals surface area contributed by atoms with Crippen molar-refractivity contribution >= 4 is 11.6 Å². The molecule has 5 heteroatoms. The van der Waals surface area contributed by atoms with Gasteiger partial charge in [0.05, 0.1) is 17.4 Å². The number of nitrogens with one attached hydrogen (secondary N) is 2. The molecule has 1 aliphatic heterocycles. The Morgan fingerprint density at radius 2 is 2.12 bits per heavy atom. The van der Waals surface area contributed by atoms with Crippen molar-refractivity contribution in [3.63, 3.8) is 0 Å². The van der Waals surface area contributed by atoms with Crippen molar-refractivity contribution in [1.82, 2.24) is 10.3 Å². The molecule has 1 atom stereocenters. The van der Waals surface area contributed by atoms with Gasteiger partial charge < -0.3 is 15.4 Å². The first kappa shape index (κ1) is 16.5. The largest absolute Gasteiger partial charge is 0.380 e. The Kier molecular flexibility index (Phi) is 5.43. The number of amides is 1. The molecule has 0 radical (unpaired) electrons. The summed E-state index contributed by atoms with van der Waals surface area (Å²) in [6, 6.07) is 10.2. The van der Waals surface area contributed by atoms with Crippen LogP contribution in [0.2, 0.25) is 0 Å². The summed E-state index contributed by atoms with van der Waals surface area (Å²) in [5, 5.41) is 6.22. The second kappa shape index (κ2) is 7.93. The fourth-order valence-electron chi connectivity index (χ4n) is 2.68. The maximum atomic E-state index is 12.2. The number of nitrogens with zero attached hydrogens (tertiary/aromatic N) is 1. The van der Waals surface area contributed by atoms with E-state index in [1.165, 1.54) is 11.1 Å². The summed E-state index contributed by atoms with van der Waals surface area (Å²) in [6.07, 6.45) is 5.54. The molecule has 126 valence electrons. The molecule has 2 N–H and O–H groups in total. The number of pyridine rings is 1. The number of aryl methyl sites for hydroxylation is 1. The van der Waals surface area contributed by atoms with Crippen molar-refractivity contribution in [2.75, 3.05) is 18.5 Å². The Morgan fingerprint density at radius 1 is 1.29 bits per heavy atom. The molecule has 2 aromatic rings. The normalized spacial score (nSPS) is 16.8. The summed E-state index contributed by atoms with van der Waals surface area (Å²) in [4.78, 5) is 16.4. The molecule has 5 nitrogen and oxygen atoms in total. The Hall–Kier alpha value is -2.40. The minimum absolute atomic E-state index is 0.114. The standard InChI is InChI=1S/C19H23N3O2/c1-14-4-6-15(7-5-14)10-21-17-9-16(11-20-12-17)19(23)22-13-18-3-2-8-24-18/h4-7,9,11-12,18,21H,2-3,8,10,13H2,1H3,(H,22,23). The summed E-state index contributed by atoms with van der Waals surface area (Å²) in [5.41, 5.74) is 3.82. The van der Waals surface area contributed by atoms with Gasteiger partial charge in [-0.3, -0.25) is 9.78 Å². The van der Waals surface area contributed by atoms with Gasteiger partial charge in [-0.05, 0) is 31.4 Å². The van der Waals surface area contributed by atoms with Crippen LogP contribution in [0, 0.1) is 6.92 Å². The lowest BCUT2D eigenvalue weighted by Crippen LogP contribution is -2.31. The number of hydrogen-bond donors (Lipinski definition) is 2. The number of ether oxygens (including phenoxy) is 1. The van der Waals surface area contributed by atoms with Gasteiger partial charge >= 0.3 is 0 Å². The second-order valence-corrected chi connectivity index (χ2v) is 6.15. The van der Waals surface area contributed by atoms with Gasteiger partial charge in [0.25, 0.3) is 5.91 Å². The van der Waals surface area contributed by atoms with Gasteiger partial charge in [-0.1, -0.05) is 29.8 Å². The van der Waals surface area contributed by atoms with Crippen LogP contribution in [0.15, 0.2) is 42.7 Å². The third-order valence-corrected chi connectivity index (χ3v) is 4.13. The van der Waals surface area contributed by atoms with Crippen molar-refractivity contribution in [2.45, 2.75) is 32.4 Å². The molecule has 1 aromatic heterocycles. The summed E-state index contributed by atoms with van der Waals surface area (Å²) >= 11 is 0. The maximum absolute atomic E-state index is 12.2. The SMILES string of the molecule is Cc1ccc(CNc2cncc(C(=O)NCC3CCCO3)c2)cc1. The zero-order chi connectivity index (χ0) is 16.8. The molecular formula is C19H23N3O2. The maximum Gasteiger partial charge on any atom is 0.253 e. The number of carbonyl (C=O) groups excluding carboxylic acids is 1. The molecular weight excluding hydrogens is 302 g/mol. The van der Waals surface area contributed by atoms with Gasteiger partial charge in [-0.25, -0.2) is 0 Å². The van der Waals surface area contributed by atoms with E-state index in [2.05, 4.69) is 46.8 Å². The quantitative estimate of drug-likeness (QED) is 0.857. The first-order valence-corrected chi connectivity index (χ1v) is 8.35. The van der Waals surface area contributed by atoms with Crippen LogP contribution < -0.4 is 10.6 Å².